The van der Waals surface area contributed by atoms with Gasteiger partial charge in [0.2, 0.25) is 0 Å². The van der Waals surface area contributed by atoms with Crippen molar-refractivity contribution in [2.24, 2.45) is 0 Å². The Hall–Kier alpha value is -1.45. The van der Waals surface area contributed by atoms with Crippen LogP contribution in [0.4, 0.5) is 0 Å². The molecule has 0 saturated carbocycles. The Morgan fingerprint density at radius 3 is 2.36 bits per heavy atom. The van der Waals surface area contributed by atoms with Gasteiger partial charge in [0.15, 0.2) is 0 Å². The van der Waals surface area contributed by atoms with Crippen molar-refractivity contribution in [1.82, 2.24) is 10.2 Å². The monoisotopic (exact) mass is 194 g/mol. The third-order valence-electron chi connectivity index (χ3n) is 1.98. The predicted molar refractivity (Wildman–Crippen MR) is 52.4 cm³/mol. The highest BCUT2D eigenvalue weighted by Crippen LogP contribution is 2.20. The van der Waals surface area contributed by atoms with Crippen molar-refractivity contribution in [2.45, 2.75) is 33.1 Å². The number of carboxylic acid groups (broad SMARTS) is 1. The molecule has 1 aromatic rings. The van der Waals surface area contributed by atoms with Crippen LogP contribution in [0.3, 0.4) is 0 Å². The lowest BCUT2D eigenvalue weighted by Gasteiger charge is -2.17. The Morgan fingerprint density at radius 1 is 1.36 bits per heavy atom. The number of carbonyl (C=O) groups is 1. The molecule has 1 heterocycles. The van der Waals surface area contributed by atoms with E-state index >= 15 is 0 Å². The van der Waals surface area contributed by atoms with Crippen molar-refractivity contribution in [3.8, 4) is 0 Å². The lowest BCUT2D eigenvalue weighted by Crippen LogP contribution is -2.17. The number of aromatic carboxylic acids is 1. The summed E-state index contributed by atoms with van der Waals surface area (Å²) in [6.45, 7) is 7.55. The zero-order chi connectivity index (χ0) is 10.9. The summed E-state index contributed by atoms with van der Waals surface area (Å²) in [7, 11) is 0. The first-order chi connectivity index (χ1) is 6.32. The molecule has 14 heavy (non-hydrogen) atoms. The Morgan fingerprint density at radius 2 is 1.93 bits per heavy atom. The minimum absolute atomic E-state index is 0.176. The fourth-order valence-corrected chi connectivity index (χ4v) is 1.04. The first-order valence-electron chi connectivity index (χ1n) is 4.40. The zero-order valence-corrected chi connectivity index (χ0v) is 8.83. The third-order valence-corrected chi connectivity index (χ3v) is 1.98. The molecular formula is C10H14N2O2. The highest BCUT2D eigenvalue weighted by Gasteiger charge is 2.19. The molecule has 0 spiro atoms. The standard InChI is InChI=1S/C10H14N2O2/c1-6-7(9(13)14)5-8(12-11-6)10(2,3)4/h5H,1-4H3,(H,13,14). The van der Waals surface area contributed by atoms with Gasteiger partial charge in [0.05, 0.1) is 17.0 Å². The molecular weight excluding hydrogens is 180 g/mol. The maximum atomic E-state index is 10.8. The van der Waals surface area contributed by atoms with Gasteiger partial charge in [0.25, 0.3) is 0 Å². The van der Waals surface area contributed by atoms with E-state index in [0.717, 1.165) is 0 Å². The van der Waals surface area contributed by atoms with Crippen molar-refractivity contribution in [3.63, 3.8) is 0 Å². The molecule has 0 fully saturated rings. The van der Waals surface area contributed by atoms with Crippen molar-refractivity contribution >= 4 is 5.97 Å². The van der Waals surface area contributed by atoms with E-state index in [2.05, 4.69) is 10.2 Å². The van der Waals surface area contributed by atoms with Gasteiger partial charge in [-0.1, -0.05) is 20.8 Å². The van der Waals surface area contributed by atoms with Crippen molar-refractivity contribution < 1.29 is 9.90 Å². The van der Waals surface area contributed by atoms with Crippen molar-refractivity contribution in [2.75, 3.05) is 0 Å². The normalized spacial score (nSPS) is 11.4. The number of nitrogens with zero attached hydrogens (tertiary/aromatic N) is 2. The average molecular weight is 194 g/mol. The number of aromatic nitrogens is 2. The van der Waals surface area contributed by atoms with E-state index in [0.29, 0.717) is 11.4 Å². The Kier molecular flexibility index (Phi) is 2.55. The second kappa shape index (κ2) is 3.36. The minimum atomic E-state index is -0.956. The molecule has 0 aliphatic carbocycles. The van der Waals surface area contributed by atoms with E-state index in [1.165, 1.54) is 0 Å². The van der Waals surface area contributed by atoms with Crippen LogP contribution in [0.1, 0.15) is 42.5 Å². The van der Waals surface area contributed by atoms with Crippen LogP contribution in [0.2, 0.25) is 0 Å². The van der Waals surface area contributed by atoms with Crippen LogP contribution in [-0.4, -0.2) is 21.3 Å². The van der Waals surface area contributed by atoms with E-state index in [-0.39, 0.29) is 11.0 Å². The molecule has 1 N–H and O–H groups in total. The first kappa shape index (κ1) is 10.6. The molecule has 0 aromatic carbocycles. The smallest absolute Gasteiger partial charge is 0.337 e. The molecule has 1 rings (SSSR count). The highest BCUT2D eigenvalue weighted by molar-refractivity contribution is 5.88. The lowest BCUT2D eigenvalue weighted by molar-refractivity contribution is 0.0695. The van der Waals surface area contributed by atoms with Crippen molar-refractivity contribution in [1.29, 1.82) is 0 Å². The predicted octanol–water partition coefficient (Wildman–Crippen LogP) is 1.78. The molecule has 0 amide bonds. The van der Waals surface area contributed by atoms with Gasteiger partial charge in [-0.3, -0.25) is 0 Å². The molecule has 0 unspecified atom stereocenters. The molecule has 0 aliphatic rings. The first-order valence-corrected chi connectivity index (χ1v) is 4.40. The topological polar surface area (TPSA) is 63.1 Å². The maximum Gasteiger partial charge on any atom is 0.337 e. The van der Waals surface area contributed by atoms with E-state index in [4.69, 9.17) is 5.11 Å². The van der Waals surface area contributed by atoms with Crippen LogP contribution in [-0.2, 0) is 5.41 Å². The van der Waals surface area contributed by atoms with Gasteiger partial charge in [0, 0.05) is 5.41 Å². The Labute approximate surface area is 83.0 Å². The quantitative estimate of drug-likeness (QED) is 0.740. The van der Waals surface area contributed by atoms with Gasteiger partial charge in [0.1, 0.15) is 0 Å². The van der Waals surface area contributed by atoms with E-state index in [9.17, 15) is 4.79 Å². The largest absolute Gasteiger partial charge is 0.478 e. The highest BCUT2D eigenvalue weighted by atomic mass is 16.4. The van der Waals surface area contributed by atoms with E-state index in [1.807, 2.05) is 20.8 Å². The fraction of sp³-hybridized carbons (Fsp3) is 0.500. The summed E-state index contributed by atoms with van der Waals surface area (Å²) in [6, 6.07) is 1.59. The molecule has 76 valence electrons. The van der Waals surface area contributed by atoms with E-state index < -0.39 is 5.97 Å². The summed E-state index contributed by atoms with van der Waals surface area (Å²) in [6.07, 6.45) is 0. The van der Waals surface area contributed by atoms with Crippen LogP contribution in [0.5, 0.6) is 0 Å². The van der Waals surface area contributed by atoms with E-state index in [1.54, 1.807) is 13.0 Å². The average Bonchev–Trinajstić information content (AvgIpc) is 2.02. The molecule has 4 heteroatoms. The summed E-state index contributed by atoms with van der Waals surface area (Å²) in [5.74, 6) is -0.956. The molecule has 0 saturated heterocycles. The van der Waals surface area contributed by atoms with Crippen LogP contribution in [0.25, 0.3) is 0 Å². The number of hydrogen-bond donors (Lipinski definition) is 1. The lowest BCUT2D eigenvalue weighted by atomic mass is 9.91. The second-order valence-electron chi connectivity index (χ2n) is 4.28. The molecule has 4 nitrogen and oxygen atoms in total. The molecule has 0 radical (unpaired) electrons. The van der Waals surface area contributed by atoms with Crippen LogP contribution >= 0.6 is 0 Å². The van der Waals surface area contributed by atoms with Crippen molar-refractivity contribution in [3.05, 3.63) is 23.0 Å². The summed E-state index contributed by atoms with van der Waals surface area (Å²) in [5, 5.41) is 16.7. The minimum Gasteiger partial charge on any atom is -0.478 e. The van der Waals surface area contributed by atoms with Crippen LogP contribution in [0, 0.1) is 6.92 Å². The Balaban J connectivity index is 3.27. The summed E-state index contributed by atoms with van der Waals surface area (Å²) in [4.78, 5) is 10.8. The molecule has 0 atom stereocenters. The SMILES string of the molecule is Cc1nnc(C(C)(C)C)cc1C(=O)O. The van der Waals surface area contributed by atoms with Crippen LogP contribution < -0.4 is 0 Å². The Bertz CT molecular complexity index is 367. The summed E-state index contributed by atoms with van der Waals surface area (Å²) >= 11 is 0. The zero-order valence-electron chi connectivity index (χ0n) is 8.83. The fourth-order valence-electron chi connectivity index (χ4n) is 1.04. The molecule has 1 aromatic heterocycles. The second-order valence-corrected chi connectivity index (χ2v) is 4.28. The summed E-state index contributed by atoms with van der Waals surface area (Å²) < 4.78 is 0. The van der Waals surface area contributed by atoms with Gasteiger partial charge in [-0.15, -0.1) is 0 Å². The van der Waals surface area contributed by atoms with Gasteiger partial charge in [-0.05, 0) is 13.0 Å². The number of carboxylic acids is 1. The number of rotatable bonds is 1. The number of hydrogen-bond acceptors (Lipinski definition) is 3. The third kappa shape index (κ3) is 2.07. The van der Waals surface area contributed by atoms with Gasteiger partial charge in [-0.2, -0.15) is 10.2 Å². The van der Waals surface area contributed by atoms with Gasteiger partial charge < -0.3 is 5.11 Å². The van der Waals surface area contributed by atoms with Crippen LogP contribution in [0.15, 0.2) is 6.07 Å². The maximum absolute atomic E-state index is 10.8. The summed E-state index contributed by atoms with van der Waals surface area (Å²) in [5.41, 5.74) is 1.20. The number of aryl methyl sites for hydroxylation is 1. The van der Waals surface area contributed by atoms with Gasteiger partial charge in [-0.25, -0.2) is 4.79 Å². The van der Waals surface area contributed by atoms with Gasteiger partial charge >= 0.3 is 5.97 Å². The molecule has 0 aliphatic heterocycles. The molecule has 0 bridgehead atoms.